The number of hydrogen-bond acceptors (Lipinski definition) is 1. The van der Waals surface area contributed by atoms with Gasteiger partial charge in [-0.1, -0.05) is 48.5 Å². The first-order valence-corrected chi connectivity index (χ1v) is 7.94. The summed E-state index contributed by atoms with van der Waals surface area (Å²) in [5.41, 5.74) is 5.62. The monoisotopic (exact) mass is 421 g/mol. The summed E-state index contributed by atoms with van der Waals surface area (Å²) in [5, 5.41) is 6.73. The number of benzene rings is 2. The summed E-state index contributed by atoms with van der Waals surface area (Å²) >= 11 is 0. The number of nitrogens with zero attached hydrogens (tertiary/aromatic N) is 1. The van der Waals surface area contributed by atoms with Gasteiger partial charge in [0.25, 0.3) is 0 Å². The highest BCUT2D eigenvalue weighted by Crippen LogP contribution is 2.22. The van der Waals surface area contributed by atoms with E-state index in [0.717, 1.165) is 19.0 Å². The zero-order valence-electron chi connectivity index (χ0n) is 13.5. The van der Waals surface area contributed by atoms with Crippen molar-refractivity contribution in [2.24, 2.45) is 4.99 Å². The van der Waals surface area contributed by atoms with E-state index in [1.54, 1.807) is 0 Å². The molecule has 2 N–H and O–H groups in total. The molecular formula is C19H24IN3. The third-order valence-electron chi connectivity index (χ3n) is 4.15. The van der Waals surface area contributed by atoms with E-state index in [1.807, 2.05) is 13.1 Å². The fourth-order valence-electron chi connectivity index (χ4n) is 2.92. The first-order valence-electron chi connectivity index (χ1n) is 7.94. The molecule has 2 aromatic rings. The summed E-state index contributed by atoms with van der Waals surface area (Å²) < 4.78 is 0. The molecule has 0 aromatic heterocycles. The molecule has 0 radical (unpaired) electrons. The van der Waals surface area contributed by atoms with E-state index in [0.29, 0.717) is 0 Å². The van der Waals surface area contributed by atoms with Gasteiger partial charge in [0.2, 0.25) is 0 Å². The molecule has 1 aliphatic rings. The molecule has 4 heteroatoms. The van der Waals surface area contributed by atoms with Gasteiger partial charge in [0.05, 0.1) is 0 Å². The summed E-state index contributed by atoms with van der Waals surface area (Å²) in [5.74, 6) is 0.837. The molecule has 122 valence electrons. The predicted molar refractivity (Wildman–Crippen MR) is 107 cm³/mol. The number of fused-ring (bicyclic) bond motifs is 1. The van der Waals surface area contributed by atoms with Gasteiger partial charge in [-0.15, -0.1) is 24.0 Å². The predicted octanol–water partition coefficient (Wildman–Crippen LogP) is 3.66. The Morgan fingerprint density at radius 3 is 2.35 bits per heavy atom. The van der Waals surface area contributed by atoms with Crippen LogP contribution in [0.1, 0.15) is 28.7 Å². The van der Waals surface area contributed by atoms with Crippen LogP contribution < -0.4 is 10.6 Å². The van der Waals surface area contributed by atoms with Crippen molar-refractivity contribution in [3.05, 3.63) is 70.8 Å². The lowest BCUT2D eigenvalue weighted by molar-refractivity contribution is 0.808. The van der Waals surface area contributed by atoms with Crippen molar-refractivity contribution in [1.82, 2.24) is 10.6 Å². The molecule has 0 heterocycles. The van der Waals surface area contributed by atoms with Gasteiger partial charge in [-0.2, -0.15) is 0 Å². The van der Waals surface area contributed by atoms with Gasteiger partial charge in [0.15, 0.2) is 5.96 Å². The normalized spacial score (nSPS) is 13.2. The fourth-order valence-corrected chi connectivity index (χ4v) is 2.92. The molecule has 0 saturated heterocycles. The van der Waals surface area contributed by atoms with E-state index >= 15 is 0 Å². The van der Waals surface area contributed by atoms with Crippen molar-refractivity contribution in [3.8, 4) is 0 Å². The Morgan fingerprint density at radius 1 is 0.913 bits per heavy atom. The Kier molecular flexibility index (Phi) is 6.89. The third kappa shape index (κ3) is 4.96. The smallest absolute Gasteiger partial charge is 0.191 e. The molecule has 1 aliphatic carbocycles. The van der Waals surface area contributed by atoms with Gasteiger partial charge in [-0.25, -0.2) is 0 Å². The van der Waals surface area contributed by atoms with Crippen LogP contribution in [-0.4, -0.2) is 13.0 Å². The minimum absolute atomic E-state index is 0. The summed E-state index contributed by atoms with van der Waals surface area (Å²) in [6.07, 6.45) is 3.76. The van der Waals surface area contributed by atoms with Gasteiger partial charge in [0.1, 0.15) is 0 Å². The molecule has 0 atom stereocenters. The first-order chi connectivity index (χ1) is 10.8. The molecule has 0 bridgehead atoms. The Balaban J connectivity index is 0.00000192. The number of halogens is 1. The summed E-state index contributed by atoms with van der Waals surface area (Å²) in [6.45, 7) is 1.59. The minimum atomic E-state index is 0. The van der Waals surface area contributed by atoms with Crippen LogP contribution in [0.4, 0.5) is 0 Å². The van der Waals surface area contributed by atoms with Crippen LogP contribution in [0, 0.1) is 0 Å². The SMILES string of the molecule is CN=C(NCc1ccccc1)NCc1ccc2c(c1)CCC2.I. The fraction of sp³-hybridized carbons (Fsp3) is 0.316. The highest BCUT2D eigenvalue weighted by atomic mass is 127. The van der Waals surface area contributed by atoms with Crippen LogP contribution >= 0.6 is 24.0 Å². The first kappa shape index (κ1) is 17.8. The molecule has 0 fully saturated rings. The van der Waals surface area contributed by atoms with Crippen molar-refractivity contribution < 1.29 is 0 Å². The van der Waals surface area contributed by atoms with Crippen LogP contribution in [0.25, 0.3) is 0 Å². The zero-order valence-corrected chi connectivity index (χ0v) is 15.8. The Labute approximate surface area is 155 Å². The highest BCUT2D eigenvalue weighted by Gasteiger charge is 2.10. The van der Waals surface area contributed by atoms with Crippen molar-refractivity contribution in [2.45, 2.75) is 32.4 Å². The topological polar surface area (TPSA) is 36.4 Å². The molecule has 3 nitrogen and oxygen atoms in total. The van der Waals surface area contributed by atoms with E-state index in [2.05, 4.69) is 58.1 Å². The van der Waals surface area contributed by atoms with E-state index in [9.17, 15) is 0 Å². The second kappa shape index (κ2) is 8.91. The quantitative estimate of drug-likeness (QED) is 0.449. The van der Waals surface area contributed by atoms with Gasteiger partial charge < -0.3 is 10.6 Å². The van der Waals surface area contributed by atoms with Gasteiger partial charge in [0, 0.05) is 20.1 Å². The minimum Gasteiger partial charge on any atom is -0.352 e. The Hall–Kier alpha value is -1.56. The van der Waals surface area contributed by atoms with Crippen LogP contribution in [-0.2, 0) is 25.9 Å². The number of aryl methyl sites for hydroxylation is 2. The van der Waals surface area contributed by atoms with Crippen LogP contribution in [0.15, 0.2) is 53.5 Å². The van der Waals surface area contributed by atoms with Crippen molar-refractivity contribution >= 4 is 29.9 Å². The molecule has 3 rings (SSSR count). The van der Waals surface area contributed by atoms with Crippen molar-refractivity contribution in [3.63, 3.8) is 0 Å². The number of hydrogen-bond donors (Lipinski definition) is 2. The second-order valence-electron chi connectivity index (χ2n) is 5.72. The molecule has 2 aromatic carbocycles. The number of nitrogens with one attached hydrogen (secondary N) is 2. The average Bonchev–Trinajstić information content (AvgIpc) is 3.03. The summed E-state index contributed by atoms with van der Waals surface area (Å²) in [6, 6.07) is 17.2. The van der Waals surface area contributed by atoms with Gasteiger partial charge >= 0.3 is 0 Å². The summed E-state index contributed by atoms with van der Waals surface area (Å²) in [4.78, 5) is 4.29. The Bertz CT molecular complexity index is 653. The van der Waals surface area contributed by atoms with E-state index in [1.165, 1.54) is 41.5 Å². The van der Waals surface area contributed by atoms with Crippen molar-refractivity contribution in [1.29, 1.82) is 0 Å². The van der Waals surface area contributed by atoms with Crippen LogP contribution in [0.2, 0.25) is 0 Å². The average molecular weight is 421 g/mol. The largest absolute Gasteiger partial charge is 0.352 e. The Morgan fingerprint density at radius 2 is 1.61 bits per heavy atom. The molecule has 0 spiro atoms. The van der Waals surface area contributed by atoms with E-state index in [-0.39, 0.29) is 24.0 Å². The molecule has 0 saturated carbocycles. The molecular weight excluding hydrogens is 397 g/mol. The maximum absolute atomic E-state index is 4.29. The third-order valence-corrected chi connectivity index (χ3v) is 4.15. The molecule has 0 amide bonds. The highest BCUT2D eigenvalue weighted by molar-refractivity contribution is 14.0. The molecule has 23 heavy (non-hydrogen) atoms. The van der Waals surface area contributed by atoms with Crippen molar-refractivity contribution in [2.75, 3.05) is 7.05 Å². The maximum atomic E-state index is 4.29. The second-order valence-corrected chi connectivity index (χ2v) is 5.72. The van der Waals surface area contributed by atoms with E-state index < -0.39 is 0 Å². The lowest BCUT2D eigenvalue weighted by Gasteiger charge is -2.12. The number of guanidine groups is 1. The lowest BCUT2D eigenvalue weighted by Crippen LogP contribution is -2.36. The van der Waals surface area contributed by atoms with E-state index in [4.69, 9.17) is 0 Å². The molecule has 0 unspecified atom stereocenters. The lowest BCUT2D eigenvalue weighted by atomic mass is 10.1. The number of aliphatic imine (C=N–C) groups is 1. The maximum Gasteiger partial charge on any atom is 0.191 e. The summed E-state index contributed by atoms with van der Waals surface area (Å²) in [7, 11) is 1.81. The van der Waals surface area contributed by atoms with Crippen LogP contribution in [0.3, 0.4) is 0 Å². The molecule has 0 aliphatic heterocycles. The standard InChI is InChI=1S/C19H23N3.HI/c1-20-19(21-13-15-6-3-2-4-7-15)22-14-16-10-11-17-8-5-9-18(17)12-16;/h2-4,6-7,10-12H,5,8-9,13-14H2,1H3,(H2,20,21,22);1H. The van der Waals surface area contributed by atoms with Crippen LogP contribution in [0.5, 0.6) is 0 Å². The van der Waals surface area contributed by atoms with Gasteiger partial charge in [-0.3, -0.25) is 4.99 Å². The number of rotatable bonds is 4. The zero-order chi connectivity index (χ0) is 15.2. The van der Waals surface area contributed by atoms with Gasteiger partial charge in [-0.05, 0) is 41.5 Å².